The second-order valence-corrected chi connectivity index (χ2v) is 5.22. The highest BCUT2D eigenvalue weighted by Crippen LogP contribution is 2.31. The Kier molecular flexibility index (Phi) is 3.26. The van der Waals surface area contributed by atoms with Gasteiger partial charge in [-0.15, -0.1) is 0 Å². The van der Waals surface area contributed by atoms with E-state index in [0.29, 0.717) is 0 Å². The SMILES string of the molecule is COc1ccccc1-c1[c]c2ccc(Br)cc2cc1. The van der Waals surface area contributed by atoms with Crippen molar-refractivity contribution in [3.8, 4) is 16.9 Å². The first kappa shape index (κ1) is 12.2. The quantitative estimate of drug-likeness (QED) is 0.641. The van der Waals surface area contributed by atoms with Crippen LogP contribution in [0.4, 0.5) is 0 Å². The van der Waals surface area contributed by atoms with Gasteiger partial charge in [-0.05, 0) is 40.6 Å². The third-order valence-electron chi connectivity index (χ3n) is 3.11. The lowest BCUT2D eigenvalue weighted by Crippen LogP contribution is -1.87. The molecule has 19 heavy (non-hydrogen) atoms. The number of rotatable bonds is 2. The maximum atomic E-state index is 5.40. The third kappa shape index (κ3) is 2.36. The Morgan fingerprint density at radius 2 is 1.84 bits per heavy atom. The summed E-state index contributed by atoms with van der Waals surface area (Å²) in [5.74, 6) is 0.871. The van der Waals surface area contributed by atoms with Crippen molar-refractivity contribution in [2.24, 2.45) is 0 Å². The summed E-state index contributed by atoms with van der Waals surface area (Å²) >= 11 is 3.48. The lowest BCUT2D eigenvalue weighted by Gasteiger charge is -2.09. The number of fused-ring (bicyclic) bond motifs is 1. The van der Waals surface area contributed by atoms with Crippen LogP contribution in [0.15, 0.2) is 59.1 Å². The summed E-state index contributed by atoms with van der Waals surface area (Å²) in [6, 6.07) is 21.8. The number of benzene rings is 3. The van der Waals surface area contributed by atoms with Crippen LogP contribution in [0.2, 0.25) is 0 Å². The predicted molar refractivity (Wildman–Crippen MR) is 82.5 cm³/mol. The van der Waals surface area contributed by atoms with Gasteiger partial charge in [-0.1, -0.05) is 52.3 Å². The molecule has 0 N–H and O–H groups in total. The Bertz CT molecular complexity index is 734. The molecule has 0 bridgehead atoms. The molecule has 0 aliphatic rings. The van der Waals surface area contributed by atoms with Crippen LogP contribution in [0.25, 0.3) is 21.9 Å². The van der Waals surface area contributed by atoms with Gasteiger partial charge in [0.1, 0.15) is 5.75 Å². The minimum atomic E-state index is 0.871. The molecule has 0 aliphatic carbocycles. The Balaban J connectivity index is 2.18. The Hall–Kier alpha value is -1.80. The van der Waals surface area contributed by atoms with Crippen LogP contribution in [0.5, 0.6) is 5.75 Å². The maximum absolute atomic E-state index is 5.40. The zero-order chi connectivity index (χ0) is 13.2. The Labute approximate surface area is 121 Å². The molecule has 93 valence electrons. The molecule has 0 fully saturated rings. The smallest absolute Gasteiger partial charge is 0.126 e. The van der Waals surface area contributed by atoms with Gasteiger partial charge in [0.05, 0.1) is 7.11 Å². The van der Waals surface area contributed by atoms with E-state index in [1.54, 1.807) is 7.11 Å². The molecule has 0 unspecified atom stereocenters. The monoisotopic (exact) mass is 311 g/mol. The van der Waals surface area contributed by atoms with Gasteiger partial charge in [0.25, 0.3) is 0 Å². The molecule has 2 heteroatoms. The topological polar surface area (TPSA) is 9.23 Å². The van der Waals surface area contributed by atoms with Crippen LogP contribution in [-0.2, 0) is 0 Å². The largest absolute Gasteiger partial charge is 0.496 e. The summed E-state index contributed by atoms with van der Waals surface area (Å²) in [5.41, 5.74) is 2.11. The molecule has 0 atom stereocenters. The number of halogens is 1. The van der Waals surface area contributed by atoms with Gasteiger partial charge in [0.15, 0.2) is 0 Å². The van der Waals surface area contributed by atoms with Gasteiger partial charge >= 0.3 is 0 Å². The standard InChI is InChI=1S/C17H12BrO/c1-19-17-5-3-2-4-16(17)14-7-6-13-11-15(18)9-8-12(13)10-14/h2-9,11H,1H3. The van der Waals surface area contributed by atoms with E-state index in [4.69, 9.17) is 4.74 Å². The zero-order valence-corrected chi connectivity index (χ0v) is 12.1. The fraction of sp³-hybridized carbons (Fsp3) is 0.0588. The average molecular weight is 312 g/mol. The van der Waals surface area contributed by atoms with E-state index in [1.165, 1.54) is 5.39 Å². The molecule has 0 heterocycles. The third-order valence-corrected chi connectivity index (χ3v) is 3.60. The van der Waals surface area contributed by atoms with E-state index in [0.717, 1.165) is 26.7 Å². The molecule has 0 spiro atoms. The first-order valence-corrected chi connectivity index (χ1v) is 6.82. The molecule has 0 saturated heterocycles. The molecular formula is C17H12BrO. The number of methoxy groups -OCH3 is 1. The minimum Gasteiger partial charge on any atom is -0.496 e. The second kappa shape index (κ2) is 5.06. The van der Waals surface area contributed by atoms with Gasteiger partial charge < -0.3 is 4.74 Å². The van der Waals surface area contributed by atoms with E-state index in [-0.39, 0.29) is 0 Å². The summed E-state index contributed by atoms with van der Waals surface area (Å²) in [6.07, 6.45) is 0. The summed E-state index contributed by atoms with van der Waals surface area (Å²) < 4.78 is 6.49. The normalized spacial score (nSPS) is 10.6. The van der Waals surface area contributed by atoms with Crippen molar-refractivity contribution < 1.29 is 4.74 Å². The zero-order valence-electron chi connectivity index (χ0n) is 10.5. The Morgan fingerprint density at radius 3 is 2.68 bits per heavy atom. The summed E-state index contributed by atoms with van der Waals surface area (Å²) in [6.45, 7) is 0. The summed E-state index contributed by atoms with van der Waals surface area (Å²) in [5, 5.41) is 2.28. The van der Waals surface area contributed by atoms with Crippen molar-refractivity contribution in [3.63, 3.8) is 0 Å². The molecule has 3 rings (SSSR count). The minimum absolute atomic E-state index is 0.871. The van der Waals surface area contributed by atoms with Crippen molar-refractivity contribution in [2.75, 3.05) is 7.11 Å². The second-order valence-electron chi connectivity index (χ2n) is 4.30. The van der Waals surface area contributed by atoms with Gasteiger partial charge in [-0.25, -0.2) is 0 Å². The van der Waals surface area contributed by atoms with Gasteiger partial charge in [0, 0.05) is 10.0 Å². The van der Waals surface area contributed by atoms with Gasteiger partial charge in [-0.2, -0.15) is 0 Å². The fourth-order valence-electron chi connectivity index (χ4n) is 2.17. The van der Waals surface area contributed by atoms with Crippen molar-refractivity contribution >= 4 is 26.7 Å². The average Bonchev–Trinajstić information content (AvgIpc) is 2.46. The van der Waals surface area contributed by atoms with Crippen molar-refractivity contribution in [1.82, 2.24) is 0 Å². The van der Waals surface area contributed by atoms with Gasteiger partial charge in [-0.3, -0.25) is 0 Å². The van der Waals surface area contributed by atoms with Crippen molar-refractivity contribution in [2.45, 2.75) is 0 Å². The molecule has 0 amide bonds. The highest BCUT2D eigenvalue weighted by Gasteiger charge is 2.06. The van der Waals surface area contributed by atoms with Crippen LogP contribution in [0.1, 0.15) is 0 Å². The molecule has 1 radical (unpaired) electrons. The van der Waals surface area contributed by atoms with Crippen LogP contribution < -0.4 is 4.74 Å². The van der Waals surface area contributed by atoms with Gasteiger partial charge in [0.2, 0.25) is 0 Å². The molecule has 0 saturated carbocycles. The van der Waals surface area contributed by atoms with E-state index in [9.17, 15) is 0 Å². The first-order chi connectivity index (χ1) is 9.28. The lowest BCUT2D eigenvalue weighted by molar-refractivity contribution is 0.416. The molecule has 0 aromatic heterocycles. The summed E-state index contributed by atoms with van der Waals surface area (Å²) in [7, 11) is 1.69. The van der Waals surface area contributed by atoms with Crippen LogP contribution in [-0.4, -0.2) is 7.11 Å². The van der Waals surface area contributed by atoms with E-state index in [2.05, 4.69) is 52.3 Å². The molecule has 0 aliphatic heterocycles. The first-order valence-electron chi connectivity index (χ1n) is 6.03. The maximum Gasteiger partial charge on any atom is 0.126 e. The Morgan fingerprint density at radius 1 is 1.00 bits per heavy atom. The van der Waals surface area contributed by atoms with Crippen LogP contribution >= 0.6 is 15.9 Å². The molecule has 3 aromatic rings. The number of hydrogen-bond acceptors (Lipinski definition) is 1. The highest BCUT2D eigenvalue weighted by molar-refractivity contribution is 9.10. The van der Waals surface area contributed by atoms with E-state index in [1.807, 2.05) is 24.3 Å². The van der Waals surface area contributed by atoms with E-state index < -0.39 is 0 Å². The highest BCUT2D eigenvalue weighted by atomic mass is 79.9. The molecule has 1 nitrogen and oxygen atoms in total. The van der Waals surface area contributed by atoms with E-state index >= 15 is 0 Å². The number of ether oxygens (including phenoxy) is 1. The lowest BCUT2D eigenvalue weighted by atomic mass is 10.0. The van der Waals surface area contributed by atoms with Crippen LogP contribution in [0.3, 0.4) is 0 Å². The van der Waals surface area contributed by atoms with Crippen molar-refractivity contribution in [3.05, 3.63) is 65.1 Å². The predicted octanol–water partition coefficient (Wildman–Crippen LogP) is 5.08. The van der Waals surface area contributed by atoms with Crippen LogP contribution in [0, 0.1) is 6.07 Å². The summed E-state index contributed by atoms with van der Waals surface area (Å²) in [4.78, 5) is 0. The van der Waals surface area contributed by atoms with Crippen molar-refractivity contribution in [1.29, 1.82) is 0 Å². The molecule has 3 aromatic carbocycles. The fourth-order valence-corrected chi connectivity index (χ4v) is 2.55. The number of hydrogen-bond donors (Lipinski definition) is 0. The molecular weight excluding hydrogens is 300 g/mol. The number of para-hydroxylation sites is 1.